The van der Waals surface area contributed by atoms with Crippen molar-refractivity contribution in [3.8, 4) is 11.5 Å². The molecule has 2 heterocycles. The summed E-state index contributed by atoms with van der Waals surface area (Å²) in [6.07, 6.45) is 7.01. The summed E-state index contributed by atoms with van der Waals surface area (Å²) < 4.78 is 11.2. The Morgan fingerprint density at radius 1 is 1.10 bits per heavy atom. The molecule has 1 fully saturated rings. The number of thiazole rings is 1. The van der Waals surface area contributed by atoms with Crippen LogP contribution < -0.4 is 14.8 Å². The van der Waals surface area contributed by atoms with Crippen molar-refractivity contribution in [1.29, 1.82) is 0 Å². The fourth-order valence-electron chi connectivity index (χ4n) is 3.95. The molecule has 0 atom stereocenters. The van der Waals surface area contributed by atoms with Crippen molar-refractivity contribution in [3.05, 3.63) is 74.6 Å². The number of benzene rings is 2. The number of carbonyl (C=O) groups is 2. The van der Waals surface area contributed by atoms with E-state index in [2.05, 4.69) is 10.3 Å². The van der Waals surface area contributed by atoms with Gasteiger partial charge in [0, 0.05) is 35.5 Å². The number of nitrogens with one attached hydrogen (secondary N) is 1. The number of anilines is 1. The van der Waals surface area contributed by atoms with Crippen molar-refractivity contribution in [1.82, 2.24) is 9.88 Å². The minimum Gasteiger partial charge on any atom is -0.493 e. The van der Waals surface area contributed by atoms with Gasteiger partial charge in [0.1, 0.15) is 4.32 Å². The number of unbranched alkanes of at least 4 members (excludes halogenated alkanes) is 2. The van der Waals surface area contributed by atoms with Gasteiger partial charge in [-0.1, -0.05) is 60.2 Å². The molecule has 7 nitrogen and oxygen atoms in total. The molecule has 2 aromatic carbocycles. The number of nitrogens with zero attached hydrogens (tertiary/aromatic N) is 2. The highest BCUT2D eigenvalue weighted by molar-refractivity contribution is 8.26. The molecule has 0 spiro atoms. The molecule has 0 bridgehead atoms. The van der Waals surface area contributed by atoms with Gasteiger partial charge in [-0.3, -0.25) is 14.5 Å². The summed E-state index contributed by atoms with van der Waals surface area (Å²) >= 11 is 14.2. The van der Waals surface area contributed by atoms with Crippen LogP contribution in [0.25, 0.3) is 6.08 Å². The maximum absolute atomic E-state index is 12.9. The van der Waals surface area contributed by atoms with Crippen LogP contribution in [0.15, 0.2) is 53.6 Å². The third-order valence-corrected chi connectivity index (χ3v) is 8.50. The van der Waals surface area contributed by atoms with E-state index in [4.69, 9.17) is 33.3 Å². The van der Waals surface area contributed by atoms with Crippen molar-refractivity contribution in [2.24, 2.45) is 0 Å². The molecule has 2 amide bonds. The average Bonchev–Trinajstić information content (AvgIpc) is 3.47. The second-order valence-electron chi connectivity index (χ2n) is 8.74. The fourth-order valence-corrected chi connectivity index (χ4v) is 6.25. The van der Waals surface area contributed by atoms with Gasteiger partial charge in [-0.2, -0.15) is 0 Å². The number of halogens is 1. The molecule has 39 heavy (non-hydrogen) atoms. The number of rotatable bonds is 12. The van der Waals surface area contributed by atoms with Gasteiger partial charge in [0.25, 0.3) is 5.91 Å². The first-order chi connectivity index (χ1) is 18.9. The minimum atomic E-state index is -0.101. The molecule has 1 N–H and O–H groups in total. The maximum atomic E-state index is 12.9. The number of thioether (sulfide) groups is 1. The zero-order valence-corrected chi connectivity index (χ0v) is 24.8. The van der Waals surface area contributed by atoms with E-state index < -0.39 is 0 Å². The first-order valence-electron chi connectivity index (χ1n) is 12.3. The predicted molar refractivity (Wildman–Crippen MR) is 163 cm³/mol. The predicted octanol–water partition coefficient (Wildman–Crippen LogP) is 6.80. The number of amides is 2. The summed E-state index contributed by atoms with van der Waals surface area (Å²) in [6, 6.07) is 13.2. The van der Waals surface area contributed by atoms with E-state index in [9.17, 15) is 9.59 Å². The highest BCUT2D eigenvalue weighted by Gasteiger charge is 2.31. The van der Waals surface area contributed by atoms with Crippen LogP contribution in [0.3, 0.4) is 0 Å². The van der Waals surface area contributed by atoms with Gasteiger partial charge in [-0.05, 0) is 54.3 Å². The number of ether oxygens (including phenoxy) is 2. The van der Waals surface area contributed by atoms with E-state index in [1.165, 1.54) is 23.1 Å². The lowest BCUT2D eigenvalue weighted by Gasteiger charge is -2.14. The van der Waals surface area contributed by atoms with E-state index in [0.29, 0.717) is 50.3 Å². The average molecular weight is 602 g/mol. The lowest BCUT2D eigenvalue weighted by Crippen LogP contribution is -2.29. The van der Waals surface area contributed by atoms with Crippen molar-refractivity contribution < 1.29 is 19.1 Å². The summed E-state index contributed by atoms with van der Waals surface area (Å²) in [5, 5.41) is 4.19. The van der Waals surface area contributed by atoms with Crippen LogP contribution >= 0.6 is 46.9 Å². The van der Waals surface area contributed by atoms with Crippen LogP contribution in [0.5, 0.6) is 11.5 Å². The second kappa shape index (κ2) is 13.9. The zero-order chi connectivity index (χ0) is 27.8. The Morgan fingerprint density at radius 2 is 1.87 bits per heavy atom. The van der Waals surface area contributed by atoms with E-state index in [1.54, 1.807) is 31.4 Å². The van der Waals surface area contributed by atoms with E-state index in [-0.39, 0.29) is 11.8 Å². The number of thiocarbonyl (C=S) groups is 1. The number of hydrogen-bond donors (Lipinski definition) is 1. The Labute approximate surface area is 246 Å². The molecule has 1 aromatic heterocycles. The Morgan fingerprint density at radius 3 is 2.62 bits per heavy atom. The van der Waals surface area contributed by atoms with Crippen molar-refractivity contribution in [2.45, 2.75) is 32.1 Å². The lowest BCUT2D eigenvalue weighted by molar-refractivity contribution is -0.122. The number of carbonyl (C=O) groups excluding carboxylic acids is 2. The smallest absolute Gasteiger partial charge is 0.266 e. The van der Waals surface area contributed by atoms with Crippen molar-refractivity contribution >= 4 is 74.3 Å². The molecule has 204 valence electrons. The number of methoxy groups -OCH3 is 2. The van der Waals surface area contributed by atoms with E-state index in [1.807, 2.05) is 42.5 Å². The minimum absolute atomic E-state index is 0.0640. The third-order valence-electron chi connectivity index (χ3n) is 5.96. The monoisotopic (exact) mass is 601 g/mol. The highest BCUT2D eigenvalue weighted by atomic mass is 35.5. The summed E-state index contributed by atoms with van der Waals surface area (Å²) in [7, 11) is 3.15. The molecular formula is C28H28ClN3O4S3. The van der Waals surface area contributed by atoms with Gasteiger partial charge in [0.05, 0.1) is 19.1 Å². The van der Waals surface area contributed by atoms with Gasteiger partial charge in [-0.25, -0.2) is 4.98 Å². The van der Waals surface area contributed by atoms with Crippen molar-refractivity contribution in [2.75, 3.05) is 26.1 Å². The van der Waals surface area contributed by atoms with Gasteiger partial charge in [-0.15, -0.1) is 11.3 Å². The summed E-state index contributed by atoms with van der Waals surface area (Å²) in [4.78, 5) is 32.9. The largest absolute Gasteiger partial charge is 0.493 e. The molecule has 1 aliphatic heterocycles. The first-order valence-corrected chi connectivity index (χ1v) is 14.7. The molecule has 0 unspecified atom stereocenters. The Kier molecular flexibility index (Phi) is 10.4. The van der Waals surface area contributed by atoms with E-state index in [0.717, 1.165) is 35.3 Å². The van der Waals surface area contributed by atoms with Crippen LogP contribution in [-0.4, -0.2) is 46.8 Å². The van der Waals surface area contributed by atoms with Crippen LogP contribution in [-0.2, 0) is 16.0 Å². The van der Waals surface area contributed by atoms with Crippen LogP contribution in [0.2, 0.25) is 5.02 Å². The molecule has 11 heteroatoms. The second-order valence-corrected chi connectivity index (χ2v) is 12.0. The number of hydrogen-bond acceptors (Lipinski definition) is 8. The topological polar surface area (TPSA) is 80.8 Å². The van der Waals surface area contributed by atoms with Crippen LogP contribution in [0.4, 0.5) is 5.13 Å². The molecule has 0 aliphatic carbocycles. The molecule has 1 saturated heterocycles. The van der Waals surface area contributed by atoms with Crippen LogP contribution in [0, 0.1) is 0 Å². The summed E-state index contributed by atoms with van der Waals surface area (Å²) in [6.45, 7) is 0.524. The highest BCUT2D eigenvalue weighted by Crippen LogP contribution is 2.35. The summed E-state index contributed by atoms with van der Waals surface area (Å²) in [5.41, 5.74) is 1.97. The van der Waals surface area contributed by atoms with E-state index >= 15 is 0 Å². The lowest BCUT2D eigenvalue weighted by atomic mass is 10.1. The van der Waals surface area contributed by atoms with Gasteiger partial charge in [0.15, 0.2) is 16.6 Å². The number of aromatic nitrogens is 1. The SMILES string of the molecule is COc1ccc(/C=C2\SC(=S)N(CCCCCC(=O)Nc3ncc(Cc4ccc(Cl)cc4)s3)C2=O)cc1OC. The molecule has 0 radical (unpaired) electrons. The molecule has 0 saturated carbocycles. The Hall–Kier alpha value is -2.92. The fraction of sp³-hybridized carbons (Fsp3) is 0.286. The third kappa shape index (κ3) is 8.04. The van der Waals surface area contributed by atoms with Crippen LogP contribution in [0.1, 0.15) is 41.7 Å². The van der Waals surface area contributed by atoms with Gasteiger partial charge < -0.3 is 14.8 Å². The first kappa shape index (κ1) is 29.1. The molecular weight excluding hydrogens is 574 g/mol. The quantitative estimate of drug-likeness (QED) is 0.139. The Bertz CT molecular complexity index is 1370. The standard InChI is InChI=1S/C28H28ClN3O4S3/c1-35-22-12-9-19(15-23(22)36-2)16-24-26(34)32(28(37)39-24)13-5-3-4-6-25(33)31-27-30-17-21(38-27)14-18-7-10-20(29)11-8-18/h7-12,15-17H,3-6,13-14H2,1-2H3,(H,30,31,33)/b24-16-. The molecule has 1 aliphatic rings. The summed E-state index contributed by atoms with van der Waals surface area (Å²) in [5.74, 6) is 1.06. The Balaban J connectivity index is 1.19. The molecule has 3 aromatic rings. The normalized spacial score (nSPS) is 14.2. The maximum Gasteiger partial charge on any atom is 0.266 e. The van der Waals surface area contributed by atoms with Gasteiger partial charge >= 0.3 is 0 Å². The van der Waals surface area contributed by atoms with Crippen molar-refractivity contribution in [3.63, 3.8) is 0 Å². The zero-order valence-electron chi connectivity index (χ0n) is 21.6. The van der Waals surface area contributed by atoms with Gasteiger partial charge in [0.2, 0.25) is 5.91 Å². The molecule has 4 rings (SSSR count).